The Hall–Kier alpha value is -1.84. The van der Waals surface area contributed by atoms with E-state index in [0.717, 1.165) is 18.4 Å². The molecule has 1 aromatic carbocycles. The van der Waals surface area contributed by atoms with E-state index in [1.807, 2.05) is 0 Å². The second-order valence-electron chi connectivity index (χ2n) is 3.30. The number of phenols is 1. The summed E-state index contributed by atoms with van der Waals surface area (Å²) in [6, 6.07) is 6.69. The molecular weight excluding hydrogens is 192 g/mol. The second kappa shape index (κ2) is 4.13. The summed E-state index contributed by atoms with van der Waals surface area (Å²) in [5.41, 5.74) is 0.822. The van der Waals surface area contributed by atoms with Crippen LogP contribution in [0.4, 0.5) is 0 Å². The van der Waals surface area contributed by atoms with Crippen LogP contribution in [0.15, 0.2) is 28.7 Å². The molecule has 0 atom stereocenters. The minimum atomic E-state index is 0.229. The predicted molar refractivity (Wildman–Crippen MR) is 55.4 cm³/mol. The quantitative estimate of drug-likeness (QED) is 0.833. The number of rotatable bonds is 3. The molecule has 2 rings (SSSR count). The summed E-state index contributed by atoms with van der Waals surface area (Å²) < 4.78 is 5.45. The van der Waals surface area contributed by atoms with E-state index in [0.29, 0.717) is 11.8 Å². The molecule has 0 amide bonds. The first kappa shape index (κ1) is 9.71. The normalized spacial score (nSPS) is 10.5. The maximum atomic E-state index is 9.13. The van der Waals surface area contributed by atoms with Gasteiger partial charge in [-0.1, -0.05) is 6.92 Å². The van der Waals surface area contributed by atoms with Crippen LogP contribution in [-0.2, 0) is 6.42 Å². The Balaban J connectivity index is 2.25. The van der Waals surface area contributed by atoms with E-state index in [4.69, 9.17) is 9.52 Å². The van der Waals surface area contributed by atoms with Gasteiger partial charge in [0, 0.05) is 12.0 Å². The average molecular weight is 204 g/mol. The van der Waals surface area contributed by atoms with Crippen molar-refractivity contribution in [3.05, 3.63) is 30.2 Å². The van der Waals surface area contributed by atoms with Crippen LogP contribution in [0.3, 0.4) is 0 Å². The van der Waals surface area contributed by atoms with Gasteiger partial charge in [-0.3, -0.25) is 0 Å². The molecule has 0 unspecified atom stereocenters. The molecule has 1 heterocycles. The van der Waals surface area contributed by atoms with Crippen molar-refractivity contribution in [3.8, 4) is 17.2 Å². The third-order valence-corrected chi connectivity index (χ3v) is 2.04. The van der Waals surface area contributed by atoms with E-state index in [-0.39, 0.29) is 5.75 Å². The molecule has 0 saturated heterocycles. The summed E-state index contributed by atoms with van der Waals surface area (Å²) >= 11 is 0. The van der Waals surface area contributed by atoms with Crippen LogP contribution >= 0.6 is 0 Å². The van der Waals surface area contributed by atoms with Crippen molar-refractivity contribution in [3.63, 3.8) is 0 Å². The molecule has 0 aliphatic carbocycles. The lowest BCUT2D eigenvalue weighted by Crippen LogP contribution is -1.80. The van der Waals surface area contributed by atoms with E-state index in [9.17, 15) is 0 Å². The fourth-order valence-electron chi connectivity index (χ4n) is 1.29. The first-order valence-electron chi connectivity index (χ1n) is 4.91. The number of hydrogen-bond donors (Lipinski definition) is 1. The zero-order valence-electron chi connectivity index (χ0n) is 8.47. The SMILES string of the molecule is CCCc1nnc(-c2ccc(O)cc2)o1. The molecule has 2 aromatic rings. The van der Waals surface area contributed by atoms with Gasteiger partial charge in [0.25, 0.3) is 0 Å². The van der Waals surface area contributed by atoms with E-state index in [1.165, 1.54) is 0 Å². The van der Waals surface area contributed by atoms with Crippen molar-refractivity contribution in [2.75, 3.05) is 0 Å². The summed E-state index contributed by atoms with van der Waals surface area (Å²) in [4.78, 5) is 0. The fourth-order valence-corrected chi connectivity index (χ4v) is 1.29. The molecule has 0 radical (unpaired) electrons. The van der Waals surface area contributed by atoms with Crippen molar-refractivity contribution in [2.45, 2.75) is 19.8 Å². The molecule has 1 N–H and O–H groups in total. The highest BCUT2D eigenvalue weighted by Crippen LogP contribution is 2.20. The maximum absolute atomic E-state index is 9.13. The number of nitrogens with zero attached hydrogens (tertiary/aromatic N) is 2. The predicted octanol–water partition coefficient (Wildman–Crippen LogP) is 2.39. The van der Waals surface area contributed by atoms with Crippen LogP contribution in [-0.4, -0.2) is 15.3 Å². The lowest BCUT2D eigenvalue weighted by molar-refractivity contribution is 0.475. The van der Waals surface area contributed by atoms with Gasteiger partial charge in [-0.25, -0.2) is 0 Å². The Morgan fingerprint density at radius 1 is 1.20 bits per heavy atom. The molecule has 15 heavy (non-hydrogen) atoms. The molecule has 4 nitrogen and oxygen atoms in total. The van der Waals surface area contributed by atoms with Crippen molar-refractivity contribution >= 4 is 0 Å². The third-order valence-electron chi connectivity index (χ3n) is 2.04. The van der Waals surface area contributed by atoms with Gasteiger partial charge in [0.1, 0.15) is 5.75 Å². The zero-order valence-corrected chi connectivity index (χ0v) is 8.47. The minimum Gasteiger partial charge on any atom is -0.508 e. The molecule has 78 valence electrons. The molecule has 4 heteroatoms. The van der Waals surface area contributed by atoms with Gasteiger partial charge in [-0.15, -0.1) is 10.2 Å². The lowest BCUT2D eigenvalue weighted by atomic mass is 10.2. The van der Waals surface area contributed by atoms with Crippen LogP contribution in [0.2, 0.25) is 0 Å². The first-order chi connectivity index (χ1) is 7.29. The zero-order chi connectivity index (χ0) is 10.7. The van der Waals surface area contributed by atoms with Crippen molar-refractivity contribution in [1.82, 2.24) is 10.2 Å². The van der Waals surface area contributed by atoms with Gasteiger partial charge in [0.15, 0.2) is 0 Å². The van der Waals surface area contributed by atoms with Crippen LogP contribution < -0.4 is 0 Å². The number of hydrogen-bond acceptors (Lipinski definition) is 4. The standard InChI is InChI=1S/C11H12N2O2/c1-2-3-10-12-13-11(15-10)8-4-6-9(14)7-5-8/h4-7,14H,2-3H2,1H3. The largest absolute Gasteiger partial charge is 0.508 e. The van der Waals surface area contributed by atoms with E-state index >= 15 is 0 Å². The number of aromatic nitrogens is 2. The summed E-state index contributed by atoms with van der Waals surface area (Å²) in [6.07, 6.45) is 1.78. The molecule has 0 bridgehead atoms. The van der Waals surface area contributed by atoms with Gasteiger partial charge < -0.3 is 9.52 Å². The highest BCUT2D eigenvalue weighted by atomic mass is 16.4. The van der Waals surface area contributed by atoms with Crippen LogP contribution in [0.25, 0.3) is 11.5 Å². The van der Waals surface area contributed by atoms with Crippen LogP contribution in [0.5, 0.6) is 5.75 Å². The number of benzene rings is 1. The van der Waals surface area contributed by atoms with Crippen LogP contribution in [0, 0.1) is 0 Å². The molecule has 0 saturated carbocycles. The van der Waals surface area contributed by atoms with Gasteiger partial charge >= 0.3 is 0 Å². The fraction of sp³-hybridized carbons (Fsp3) is 0.273. The van der Waals surface area contributed by atoms with Gasteiger partial charge in [0.05, 0.1) is 0 Å². The van der Waals surface area contributed by atoms with E-state index in [1.54, 1.807) is 24.3 Å². The second-order valence-corrected chi connectivity index (χ2v) is 3.30. The Labute approximate surface area is 87.6 Å². The van der Waals surface area contributed by atoms with E-state index in [2.05, 4.69) is 17.1 Å². The first-order valence-corrected chi connectivity index (χ1v) is 4.91. The molecule has 1 aromatic heterocycles. The summed E-state index contributed by atoms with van der Waals surface area (Å²) in [7, 11) is 0. The average Bonchev–Trinajstić information content (AvgIpc) is 2.68. The monoisotopic (exact) mass is 204 g/mol. The summed E-state index contributed by atoms with van der Waals surface area (Å²) in [5.74, 6) is 1.38. The van der Waals surface area contributed by atoms with E-state index < -0.39 is 0 Å². The third kappa shape index (κ3) is 2.15. The number of aryl methyl sites for hydroxylation is 1. The minimum absolute atomic E-state index is 0.229. The Morgan fingerprint density at radius 2 is 1.93 bits per heavy atom. The highest BCUT2D eigenvalue weighted by molar-refractivity contribution is 5.53. The summed E-state index contributed by atoms with van der Waals surface area (Å²) in [5, 5.41) is 17.0. The van der Waals surface area contributed by atoms with Gasteiger partial charge in [0.2, 0.25) is 11.8 Å². The number of phenolic OH excluding ortho intramolecular Hbond substituents is 1. The Bertz CT molecular complexity index is 434. The maximum Gasteiger partial charge on any atom is 0.247 e. The molecular formula is C11H12N2O2. The van der Waals surface area contributed by atoms with Crippen molar-refractivity contribution < 1.29 is 9.52 Å². The Kier molecular flexibility index (Phi) is 2.67. The van der Waals surface area contributed by atoms with Crippen molar-refractivity contribution in [1.29, 1.82) is 0 Å². The highest BCUT2D eigenvalue weighted by Gasteiger charge is 2.07. The smallest absolute Gasteiger partial charge is 0.247 e. The summed E-state index contributed by atoms with van der Waals surface area (Å²) in [6.45, 7) is 2.06. The lowest BCUT2D eigenvalue weighted by Gasteiger charge is -1.94. The van der Waals surface area contributed by atoms with Gasteiger partial charge in [-0.05, 0) is 30.7 Å². The molecule has 0 aliphatic rings. The molecule has 0 aliphatic heterocycles. The Morgan fingerprint density at radius 3 is 2.60 bits per heavy atom. The number of aromatic hydroxyl groups is 1. The van der Waals surface area contributed by atoms with Crippen molar-refractivity contribution in [2.24, 2.45) is 0 Å². The van der Waals surface area contributed by atoms with Crippen LogP contribution in [0.1, 0.15) is 19.2 Å². The topological polar surface area (TPSA) is 59.2 Å². The molecule has 0 fully saturated rings. The van der Waals surface area contributed by atoms with Gasteiger partial charge in [-0.2, -0.15) is 0 Å². The molecule has 0 spiro atoms.